The molecule has 8 nitrogen and oxygen atoms in total. The Morgan fingerprint density at radius 3 is 2.74 bits per heavy atom. The number of aromatic nitrogens is 1. The second-order valence-corrected chi connectivity index (χ2v) is 6.82. The summed E-state index contributed by atoms with van der Waals surface area (Å²) in [7, 11) is 0. The Balaban J connectivity index is 0.00000132. The lowest BCUT2D eigenvalue weighted by Crippen LogP contribution is -2.53. The molecule has 0 saturated carbocycles. The summed E-state index contributed by atoms with van der Waals surface area (Å²) < 4.78 is 33.6. The van der Waals surface area contributed by atoms with Gasteiger partial charge in [0.1, 0.15) is 17.2 Å². The molecule has 3 heterocycles. The number of halogens is 2. The van der Waals surface area contributed by atoms with Crippen LogP contribution in [0, 0.1) is 24.5 Å². The first kappa shape index (κ1) is 22.0. The summed E-state index contributed by atoms with van der Waals surface area (Å²) in [6, 6.07) is 2.91. The van der Waals surface area contributed by atoms with Gasteiger partial charge in [-0.05, 0) is 12.5 Å². The van der Waals surface area contributed by atoms with Crippen molar-refractivity contribution >= 4 is 11.8 Å². The van der Waals surface area contributed by atoms with Gasteiger partial charge in [-0.25, -0.2) is 8.78 Å². The number of carbonyl (C=O) groups is 2. The molecule has 162 valence electrons. The molecular weight excluding hydrogens is 412 g/mol. The number of nitrogens with zero attached hydrogens (tertiary/aromatic N) is 2. The molecule has 1 atom stereocenters. The fraction of sp³-hybridized carbons (Fsp3) is 0.286. The van der Waals surface area contributed by atoms with Gasteiger partial charge in [-0.1, -0.05) is 6.07 Å². The van der Waals surface area contributed by atoms with Crippen molar-refractivity contribution in [3.05, 3.63) is 63.1 Å². The first-order chi connectivity index (χ1) is 14.9. The van der Waals surface area contributed by atoms with E-state index in [1.807, 2.05) is 0 Å². The molecule has 0 aliphatic carbocycles. The Bertz CT molecular complexity index is 1110. The zero-order chi connectivity index (χ0) is 22.7. The second kappa shape index (κ2) is 8.97. The summed E-state index contributed by atoms with van der Waals surface area (Å²) >= 11 is 0. The number of amides is 2. The van der Waals surface area contributed by atoms with Crippen LogP contribution in [-0.2, 0) is 17.8 Å². The molecule has 31 heavy (non-hydrogen) atoms. The molecule has 2 aromatic rings. The molecule has 4 rings (SSSR count). The Hall–Kier alpha value is -3.71. The SMILES string of the molecule is C#C.O=C(NCc1ccc(F)cc1F)c1cn2c(c(O)c1=O)C(=O)N1CCCOC1C2. The maximum Gasteiger partial charge on any atom is 0.276 e. The molecule has 0 radical (unpaired) electrons. The summed E-state index contributed by atoms with van der Waals surface area (Å²) in [5.74, 6) is -3.81. The van der Waals surface area contributed by atoms with E-state index in [2.05, 4.69) is 18.2 Å². The number of benzene rings is 1. The number of rotatable bonds is 3. The van der Waals surface area contributed by atoms with Crippen LogP contribution >= 0.6 is 0 Å². The number of ether oxygens (including phenoxy) is 1. The van der Waals surface area contributed by atoms with E-state index in [1.165, 1.54) is 21.7 Å². The average Bonchev–Trinajstić information content (AvgIpc) is 2.77. The average molecular weight is 431 g/mol. The van der Waals surface area contributed by atoms with E-state index < -0.39 is 46.4 Å². The van der Waals surface area contributed by atoms with Crippen LogP contribution in [0.4, 0.5) is 8.78 Å². The molecule has 1 unspecified atom stereocenters. The summed E-state index contributed by atoms with van der Waals surface area (Å²) in [6.45, 7) is 0.794. The van der Waals surface area contributed by atoms with E-state index in [4.69, 9.17) is 4.74 Å². The third-order valence-corrected chi connectivity index (χ3v) is 4.97. The number of pyridine rings is 1. The molecular formula is C21H19F2N3O5. The zero-order valence-electron chi connectivity index (χ0n) is 16.3. The highest BCUT2D eigenvalue weighted by Crippen LogP contribution is 2.26. The van der Waals surface area contributed by atoms with Crippen molar-refractivity contribution < 1.29 is 28.2 Å². The smallest absolute Gasteiger partial charge is 0.276 e. The summed E-state index contributed by atoms with van der Waals surface area (Å²) in [4.78, 5) is 39.0. The number of nitrogens with one attached hydrogen (secondary N) is 1. The Labute approximate surface area is 176 Å². The quantitative estimate of drug-likeness (QED) is 0.712. The van der Waals surface area contributed by atoms with Gasteiger partial charge < -0.3 is 24.6 Å². The van der Waals surface area contributed by atoms with E-state index in [-0.39, 0.29) is 24.3 Å². The van der Waals surface area contributed by atoms with Crippen LogP contribution in [0.2, 0.25) is 0 Å². The van der Waals surface area contributed by atoms with Gasteiger partial charge in [-0.2, -0.15) is 0 Å². The van der Waals surface area contributed by atoms with E-state index in [0.29, 0.717) is 25.6 Å². The Kier molecular flexibility index (Phi) is 6.36. The van der Waals surface area contributed by atoms with Crippen molar-refractivity contribution in [2.24, 2.45) is 0 Å². The third kappa shape index (κ3) is 4.13. The molecule has 2 aliphatic heterocycles. The standard InChI is InChI=1S/C19H17F2N3O5.C2H2/c20-11-3-2-10(13(21)6-11)7-22-18(27)12-8-23-9-14-24(4-1-5-29-14)19(28)15(23)17(26)16(12)25;1-2/h2-3,6,8,14,26H,1,4-5,7,9H2,(H,22,27);1-2H. The van der Waals surface area contributed by atoms with Crippen molar-refractivity contribution in [1.82, 2.24) is 14.8 Å². The Morgan fingerprint density at radius 1 is 1.29 bits per heavy atom. The van der Waals surface area contributed by atoms with Gasteiger partial charge >= 0.3 is 0 Å². The fourth-order valence-corrected chi connectivity index (χ4v) is 3.49. The lowest BCUT2D eigenvalue weighted by Gasteiger charge is -2.40. The molecule has 0 bridgehead atoms. The number of hydrogen-bond donors (Lipinski definition) is 2. The molecule has 1 aromatic heterocycles. The zero-order valence-corrected chi connectivity index (χ0v) is 16.3. The number of aromatic hydroxyl groups is 1. The van der Waals surface area contributed by atoms with E-state index in [9.17, 15) is 28.3 Å². The van der Waals surface area contributed by atoms with Crippen molar-refractivity contribution in [3.63, 3.8) is 0 Å². The van der Waals surface area contributed by atoms with E-state index >= 15 is 0 Å². The topological polar surface area (TPSA) is 101 Å². The molecule has 1 saturated heterocycles. The van der Waals surface area contributed by atoms with Crippen molar-refractivity contribution in [2.75, 3.05) is 13.2 Å². The highest BCUT2D eigenvalue weighted by Gasteiger charge is 2.38. The highest BCUT2D eigenvalue weighted by atomic mass is 19.1. The minimum atomic E-state index is -1.00. The van der Waals surface area contributed by atoms with Gasteiger partial charge in [0, 0.05) is 30.9 Å². The lowest BCUT2D eigenvalue weighted by atomic mass is 10.1. The predicted molar refractivity (Wildman–Crippen MR) is 105 cm³/mol. The molecule has 0 spiro atoms. The molecule has 2 amide bonds. The molecule has 2 aliphatic rings. The molecule has 2 N–H and O–H groups in total. The van der Waals surface area contributed by atoms with E-state index in [0.717, 1.165) is 6.07 Å². The predicted octanol–water partition coefficient (Wildman–Crippen LogP) is 1.21. The van der Waals surface area contributed by atoms with E-state index in [1.54, 1.807) is 0 Å². The molecule has 1 fully saturated rings. The number of fused-ring (bicyclic) bond motifs is 2. The highest BCUT2D eigenvalue weighted by molar-refractivity contribution is 5.99. The normalized spacial score (nSPS) is 17.1. The van der Waals surface area contributed by atoms with Gasteiger partial charge in [-0.3, -0.25) is 14.4 Å². The second-order valence-electron chi connectivity index (χ2n) is 6.82. The summed E-state index contributed by atoms with van der Waals surface area (Å²) in [6.07, 6.45) is 9.28. The largest absolute Gasteiger partial charge is 0.503 e. The van der Waals surface area contributed by atoms with Crippen LogP contribution in [0.1, 0.15) is 32.8 Å². The van der Waals surface area contributed by atoms with Gasteiger partial charge in [-0.15, -0.1) is 12.8 Å². The maximum absolute atomic E-state index is 13.7. The van der Waals surface area contributed by atoms with Gasteiger partial charge in [0.05, 0.1) is 13.2 Å². The van der Waals surface area contributed by atoms with Crippen LogP contribution in [0.3, 0.4) is 0 Å². The van der Waals surface area contributed by atoms with Gasteiger partial charge in [0.25, 0.3) is 11.8 Å². The first-order valence-electron chi connectivity index (χ1n) is 9.31. The van der Waals surface area contributed by atoms with Gasteiger partial charge in [0.2, 0.25) is 5.43 Å². The lowest BCUT2D eigenvalue weighted by molar-refractivity contribution is -0.0920. The van der Waals surface area contributed by atoms with Crippen LogP contribution in [-0.4, -0.2) is 45.8 Å². The summed E-state index contributed by atoms with van der Waals surface area (Å²) in [5.41, 5.74) is -1.56. The Morgan fingerprint density at radius 2 is 2.03 bits per heavy atom. The molecule has 10 heteroatoms. The number of hydrogen-bond acceptors (Lipinski definition) is 5. The molecule has 1 aromatic carbocycles. The maximum atomic E-state index is 13.7. The first-order valence-corrected chi connectivity index (χ1v) is 9.31. The minimum absolute atomic E-state index is 0.0310. The van der Waals surface area contributed by atoms with Crippen molar-refractivity contribution in [3.8, 4) is 18.6 Å². The van der Waals surface area contributed by atoms with Crippen molar-refractivity contribution in [1.29, 1.82) is 0 Å². The van der Waals surface area contributed by atoms with Crippen LogP contribution in [0.5, 0.6) is 5.75 Å². The van der Waals surface area contributed by atoms with Crippen molar-refractivity contribution in [2.45, 2.75) is 25.7 Å². The monoisotopic (exact) mass is 431 g/mol. The van der Waals surface area contributed by atoms with Crippen LogP contribution in [0.25, 0.3) is 0 Å². The third-order valence-electron chi connectivity index (χ3n) is 4.97. The van der Waals surface area contributed by atoms with Gasteiger partial charge in [0.15, 0.2) is 17.7 Å². The number of terminal acetylenes is 1. The number of carbonyl (C=O) groups excluding carboxylic acids is 2. The van der Waals surface area contributed by atoms with Crippen LogP contribution in [0.15, 0.2) is 29.2 Å². The fourth-order valence-electron chi connectivity index (χ4n) is 3.49. The minimum Gasteiger partial charge on any atom is -0.503 e. The van der Waals surface area contributed by atoms with Crippen LogP contribution < -0.4 is 10.7 Å². The summed E-state index contributed by atoms with van der Waals surface area (Å²) in [5, 5.41) is 12.7.